The first-order chi connectivity index (χ1) is 4.68. The molecule has 0 spiro atoms. The molecule has 5 heteroatoms. The van der Waals surface area contributed by atoms with Gasteiger partial charge < -0.3 is 9.05 Å². The van der Waals surface area contributed by atoms with Crippen molar-refractivity contribution in [2.24, 2.45) is 0 Å². The van der Waals surface area contributed by atoms with Crippen LogP contribution in [-0.4, -0.2) is 20.8 Å². The third kappa shape index (κ3) is 3.13. The Morgan fingerprint density at radius 3 is 2.40 bits per heavy atom. The van der Waals surface area contributed by atoms with Crippen molar-refractivity contribution in [1.29, 1.82) is 0 Å². The van der Waals surface area contributed by atoms with Crippen LogP contribution in [0.2, 0.25) is 0 Å². The molecule has 0 aliphatic rings. The topological polar surface area (TPSA) is 47.6 Å². The van der Waals surface area contributed by atoms with Gasteiger partial charge in [-0.1, -0.05) is 6.08 Å². The number of rotatable bonds is 5. The first kappa shape index (κ1) is 9.85. The van der Waals surface area contributed by atoms with Crippen LogP contribution < -0.4 is 5.09 Å². The molecule has 0 rings (SSSR count). The summed E-state index contributed by atoms with van der Waals surface area (Å²) in [6.45, 7) is 3.84. The molecule has 0 unspecified atom stereocenters. The van der Waals surface area contributed by atoms with Gasteiger partial charge in [0.2, 0.25) is 0 Å². The lowest BCUT2D eigenvalue weighted by molar-refractivity contribution is 0.266. The van der Waals surface area contributed by atoms with Crippen LogP contribution in [0.4, 0.5) is 0 Å². The molecule has 1 N–H and O–H groups in total. The second-order valence-electron chi connectivity index (χ2n) is 1.51. The van der Waals surface area contributed by atoms with Crippen LogP contribution >= 0.6 is 7.75 Å². The molecule has 0 radical (unpaired) electrons. The van der Waals surface area contributed by atoms with Gasteiger partial charge in [0, 0.05) is 20.8 Å². The van der Waals surface area contributed by atoms with Gasteiger partial charge in [-0.2, -0.15) is 0 Å². The van der Waals surface area contributed by atoms with Crippen molar-refractivity contribution in [2.45, 2.75) is 0 Å². The van der Waals surface area contributed by atoms with E-state index in [9.17, 15) is 4.57 Å². The van der Waals surface area contributed by atoms with E-state index in [0.29, 0.717) is 6.54 Å². The standard InChI is InChI=1S/C5H12NO3P/c1-4-5-6-10(7,8-2)9-3/h4H,1,5H2,2-3H3,(H,6,7). The van der Waals surface area contributed by atoms with E-state index in [2.05, 4.69) is 20.7 Å². The molecule has 0 fully saturated rings. The van der Waals surface area contributed by atoms with E-state index >= 15 is 0 Å². The molecule has 0 heterocycles. The normalized spacial score (nSPS) is 11.4. The Labute approximate surface area is 60.8 Å². The Hall–Kier alpha value is -0.150. The smallest absolute Gasteiger partial charge is 0.300 e. The first-order valence-corrected chi connectivity index (χ1v) is 4.30. The van der Waals surface area contributed by atoms with E-state index < -0.39 is 7.75 Å². The quantitative estimate of drug-likeness (QED) is 0.490. The minimum atomic E-state index is -3.02. The molecule has 0 aliphatic heterocycles. The monoisotopic (exact) mass is 165 g/mol. The largest absolute Gasteiger partial charge is 0.405 e. The lowest BCUT2D eigenvalue weighted by Crippen LogP contribution is -2.12. The van der Waals surface area contributed by atoms with Gasteiger partial charge in [0.05, 0.1) is 0 Å². The van der Waals surface area contributed by atoms with E-state index in [1.54, 1.807) is 6.08 Å². The van der Waals surface area contributed by atoms with Gasteiger partial charge in [0.1, 0.15) is 0 Å². The number of hydrogen-bond acceptors (Lipinski definition) is 3. The zero-order valence-electron chi connectivity index (χ0n) is 6.16. The molecule has 0 saturated heterocycles. The van der Waals surface area contributed by atoms with E-state index in [4.69, 9.17) is 0 Å². The Morgan fingerprint density at radius 1 is 1.60 bits per heavy atom. The second-order valence-corrected chi connectivity index (χ2v) is 3.55. The lowest BCUT2D eigenvalue weighted by Gasteiger charge is -2.12. The molecule has 0 aromatic rings. The van der Waals surface area contributed by atoms with Crippen LogP contribution in [-0.2, 0) is 13.6 Å². The maximum atomic E-state index is 11.1. The zero-order chi connectivity index (χ0) is 8.04. The summed E-state index contributed by atoms with van der Waals surface area (Å²) in [6.07, 6.45) is 1.57. The van der Waals surface area contributed by atoms with E-state index in [1.165, 1.54) is 14.2 Å². The van der Waals surface area contributed by atoms with Gasteiger partial charge in [-0.3, -0.25) is 0 Å². The summed E-state index contributed by atoms with van der Waals surface area (Å²) in [5.74, 6) is 0. The number of nitrogens with one attached hydrogen (secondary N) is 1. The molecule has 0 amide bonds. The Bertz CT molecular complexity index is 140. The van der Waals surface area contributed by atoms with Crippen molar-refractivity contribution >= 4 is 7.75 Å². The summed E-state index contributed by atoms with van der Waals surface area (Å²) >= 11 is 0. The molecule has 0 saturated carbocycles. The van der Waals surface area contributed by atoms with Crippen LogP contribution in [0.25, 0.3) is 0 Å². The SMILES string of the molecule is C=CCNP(=O)(OC)OC. The van der Waals surface area contributed by atoms with Gasteiger partial charge >= 0.3 is 7.75 Å². The Balaban J connectivity index is 3.81. The van der Waals surface area contributed by atoms with E-state index in [-0.39, 0.29) is 0 Å². The fraction of sp³-hybridized carbons (Fsp3) is 0.600. The van der Waals surface area contributed by atoms with Crippen LogP contribution in [0.5, 0.6) is 0 Å². The molecule has 4 nitrogen and oxygen atoms in total. The third-order valence-electron chi connectivity index (χ3n) is 0.910. The molecule has 0 aromatic heterocycles. The van der Waals surface area contributed by atoms with Crippen LogP contribution in [0.1, 0.15) is 0 Å². The van der Waals surface area contributed by atoms with Crippen molar-refractivity contribution in [2.75, 3.05) is 20.8 Å². The van der Waals surface area contributed by atoms with E-state index in [1.807, 2.05) is 0 Å². The lowest BCUT2D eigenvalue weighted by atomic mass is 10.7. The van der Waals surface area contributed by atoms with Gasteiger partial charge in [-0.25, -0.2) is 9.65 Å². The molecule has 0 aromatic carbocycles. The average Bonchev–Trinajstić information content (AvgIpc) is 2.00. The Morgan fingerprint density at radius 2 is 2.10 bits per heavy atom. The van der Waals surface area contributed by atoms with E-state index in [0.717, 1.165) is 0 Å². The second kappa shape index (κ2) is 4.63. The molecule has 10 heavy (non-hydrogen) atoms. The number of hydrogen-bond donors (Lipinski definition) is 1. The van der Waals surface area contributed by atoms with Crippen molar-refractivity contribution < 1.29 is 13.6 Å². The predicted octanol–water partition coefficient (Wildman–Crippen LogP) is 1.16. The average molecular weight is 165 g/mol. The highest BCUT2D eigenvalue weighted by atomic mass is 31.2. The molecule has 0 bridgehead atoms. The van der Waals surface area contributed by atoms with Crippen molar-refractivity contribution in [3.05, 3.63) is 12.7 Å². The van der Waals surface area contributed by atoms with Crippen LogP contribution in [0, 0.1) is 0 Å². The van der Waals surface area contributed by atoms with Crippen LogP contribution in [0.15, 0.2) is 12.7 Å². The highest BCUT2D eigenvalue weighted by Crippen LogP contribution is 2.40. The summed E-state index contributed by atoms with van der Waals surface area (Å²) in [5, 5.41) is 2.54. The molecule has 0 atom stereocenters. The van der Waals surface area contributed by atoms with Gasteiger partial charge in [-0.05, 0) is 0 Å². The summed E-state index contributed by atoms with van der Waals surface area (Å²) < 4.78 is 20.2. The molecule has 0 aliphatic carbocycles. The van der Waals surface area contributed by atoms with Gasteiger partial charge in [0.15, 0.2) is 0 Å². The third-order valence-corrected chi connectivity index (χ3v) is 2.44. The Kier molecular flexibility index (Phi) is 4.56. The first-order valence-electron chi connectivity index (χ1n) is 2.76. The summed E-state index contributed by atoms with van der Waals surface area (Å²) in [5.41, 5.74) is 0. The van der Waals surface area contributed by atoms with Gasteiger partial charge in [0.25, 0.3) is 0 Å². The summed E-state index contributed by atoms with van der Waals surface area (Å²) in [7, 11) is -0.379. The summed E-state index contributed by atoms with van der Waals surface area (Å²) in [6, 6.07) is 0. The minimum absolute atomic E-state index is 0.402. The van der Waals surface area contributed by atoms with Crippen molar-refractivity contribution in [1.82, 2.24) is 5.09 Å². The molecule has 60 valence electrons. The minimum Gasteiger partial charge on any atom is -0.300 e. The highest BCUT2D eigenvalue weighted by molar-refractivity contribution is 7.51. The maximum absolute atomic E-state index is 11.1. The maximum Gasteiger partial charge on any atom is 0.405 e. The van der Waals surface area contributed by atoms with Gasteiger partial charge in [-0.15, -0.1) is 6.58 Å². The van der Waals surface area contributed by atoms with Crippen molar-refractivity contribution in [3.63, 3.8) is 0 Å². The molecular formula is C5H12NO3P. The highest BCUT2D eigenvalue weighted by Gasteiger charge is 2.18. The zero-order valence-corrected chi connectivity index (χ0v) is 7.06. The fourth-order valence-corrected chi connectivity index (χ4v) is 1.14. The predicted molar refractivity (Wildman–Crippen MR) is 39.8 cm³/mol. The fourth-order valence-electron chi connectivity index (χ4n) is 0.380. The van der Waals surface area contributed by atoms with Crippen LogP contribution in [0.3, 0.4) is 0 Å². The van der Waals surface area contributed by atoms with Crippen molar-refractivity contribution in [3.8, 4) is 0 Å². The summed E-state index contributed by atoms with van der Waals surface area (Å²) in [4.78, 5) is 0. The molecular weight excluding hydrogens is 153 g/mol.